The number of primary amides is 1. The lowest BCUT2D eigenvalue weighted by molar-refractivity contribution is -0.384. The first-order chi connectivity index (χ1) is 13.5. The number of nitrogens with one attached hydrogen (secondary N) is 1. The second-order valence-electron chi connectivity index (χ2n) is 5.60. The van der Waals surface area contributed by atoms with E-state index in [-0.39, 0.29) is 5.69 Å². The molecule has 2 aromatic carbocycles. The molecule has 1 amide bonds. The minimum absolute atomic E-state index is 0.00312. The smallest absolute Gasteiger partial charge is 0.269 e. The molecule has 3 N–H and O–H groups in total. The molecule has 0 unspecified atom stereocenters. The molecule has 8 nitrogen and oxygen atoms in total. The maximum atomic E-state index is 11.1. The zero-order valence-corrected chi connectivity index (χ0v) is 15.1. The molecule has 138 valence electrons. The number of nitro groups is 1. The van der Waals surface area contributed by atoms with Crippen LogP contribution in [0.15, 0.2) is 60.1 Å². The van der Waals surface area contributed by atoms with Crippen molar-refractivity contribution in [2.45, 2.75) is 0 Å². The number of nitriles is 1. The first kappa shape index (κ1) is 18.8. The maximum Gasteiger partial charge on any atom is 0.269 e. The molecule has 0 saturated carbocycles. The topological polar surface area (TPSA) is 135 Å². The molecule has 0 atom stereocenters. The summed E-state index contributed by atoms with van der Waals surface area (Å²) in [5.41, 5.74) is 7.96. The summed E-state index contributed by atoms with van der Waals surface area (Å²) < 4.78 is 0. The van der Waals surface area contributed by atoms with E-state index in [0.717, 1.165) is 5.56 Å². The molecule has 28 heavy (non-hydrogen) atoms. The molecule has 3 rings (SSSR count). The Labute approximate surface area is 163 Å². The Kier molecular flexibility index (Phi) is 5.43. The summed E-state index contributed by atoms with van der Waals surface area (Å²) in [5, 5.41) is 25.4. The molecule has 0 aliphatic heterocycles. The molecule has 0 bridgehead atoms. The number of thiazole rings is 1. The molecule has 1 aromatic heterocycles. The lowest BCUT2D eigenvalue weighted by Crippen LogP contribution is -2.10. The highest BCUT2D eigenvalue weighted by atomic mass is 32.1. The lowest BCUT2D eigenvalue weighted by Gasteiger charge is -2.02. The number of carbonyl (C=O) groups is 1. The van der Waals surface area contributed by atoms with Crippen LogP contribution in [-0.4, -0.2) is 15.8 Å². The molecular weight excluding hydrogens is 378 g/mol. The first-order valence-corrected chi connectivity index (χ1v) is 8.83. The van der Waals surface area contributed by atoms with Gasteiger partial charge in [0.1, 0.15) is 16.6 Å². The number of non-ortho nitro benzene ring substituents is 1. The van der Waals surface area contributed by atoms with E-state index in [1.54, 1.807) is 41.8 Å². The van der Waals surface area contributed by atoms with E-state index in [1.165, 1.54) is 29.7 Å². The molecule has 0 aliphatic rings. The predicted octanol–water partition coefficient (Wildman–Crippen LogP) is 3.79. The fourth-order valence-corrected chi connectivity index (χ4v) is 3.11. The summed E-state index contributed by atoms with van der Waals surface area (Å²) in [6.45, 7) is 0. The number of aromatic nitrogens is 1. The highest BCUT2D eigenvalue weighted by molar-refractivity contribution is 7.11. The monoisotopic (exact) mass is 391 g/mol. The van der Waals surface area contributed by atoms with Crippen molar-refractivity contribution in [3.63, 3.8) is 0 Å². The molecule has 9 heteroatoms. The summed E-state index contributed by atoms with van der Waals surface area (Å²) >= 11 is 1.29. The van der Waals surface area contributed by atoms with Gasteiger partial charge in [0.05, 0.1) is 10.6 Å². The molecule has 1 heterocycles. The normalized spacial score (nSPS) is 10.9. The Bertz CT molecular complexity index is 1100. The van der Waals surface area contributed by atoms with Crippen LogP contribution < -0.4 is 11.1 Å². The minimum atomic E-state index is -0.513. The average molecular weight is 391 g/mol. The summed E-state index contributed by atoms with van der Waals surface area (Å²) in [5.74, 6) is -0.513. The third-order valence-electron chi connectivity index (χ3n) is 3.78. The van der Waals surface area contributed by atoms with Gasteiger partial charge in [0.15, 0.2) is 0 Å². The van der Waals surface area contributed by atoms with Crippen molar-refractivity contribution in [2.75, 3.05) is 5.32 Å². The Morgan fingerprint density at radius 2 is 1.89 bits per heavy atom. The van der Waals surface area contributed by atoms with Gasteiger partial charge >= 0.3 is 0 Å². The Hall–Kier alpha value is -4.03. The zero-order valence-electron chi connectivity index (χ0n) is 14.3. The number of nitrogens with two attached hydrogens (primary N) is 1. The van der Waals surface area contributed by atoms with E-state index in [9.17, 15) is 20.2 Å². The number of rotatable bonds is 6. The van der Waals surface area contributed by atoms with Gasteiger partial charge in [0.2, 0.25) is 5.91 Å². The van der Waals surface area contributed by atoms with Gasteiger partial charge in [-0.2, -0.15) is 5.26 Å². The summed E-state index contributed by atoms with van der Waals surface area (Å²) in [7, 11) is 0. The van der Waals surface area contributed by atoms with Crippen LogP contribution in [0.5, 0.6) is 0 Å². The van der Waals surface area contributed by atoms with Gasteiger partial charge in [-0.15, -0.1) is 11.3 Å². The van der Waals surface area contributed by atoms with Crippen molar-refractivity contribution in [3.05, 3.63) is 80.8 Å². The van der Waals surface area contributed by atoms with E-state index in [4.69, 9.17) is 5.73 Å². The third kappa shape index (κ3) is 4.20. The molecular formula is C19H13N5O3S. The van der Waals surface area contributed by atoms with Crippen LogP contribution in [-0.2, 0) is 0 Å². The van der Waals surface area contributed by atoms with Crippen molar-refractivity contribution >= 4 is 34.2 Å². The van der Waals surface area contributed by atoms with Crippen LogP contribution in [0, 0.1) is 21.4 Å². The zero-order chi connectivity index (χ0) is 20.1. The number of hydrogen-bond donors (Lipinski definition) is 2. The minimum Gasteiger partial charge on any atom is -0.366 e. The van der Waals surface area contributed by atoms with Gasteiger partial charge in [-0.25, -0.2) is 4.98 Å². The number of amides is 1. The SMILES string of the molecule is N#CC(=CNc1ccc(C(N)=O)cc1)c1nc(-c2ccc([N+](=O)[O-])cc2)cs1. The standard InChI is InChI=1S/C19H13N5O3S/c20-9-14(10-22-15-5-1-13(2-6-15)18(21)25)19-23-17(11-28-19)12-3-7-16(8-4-12)24(26)27/h1-8,10-11,22H,(H2,21,25). The number of benzene rings is 2. The molecule has 0 aliphatic carbocycles. The predicted molar refractivity (Wildman–Crippen MR) is 106 cm³/mol. The van der Waals surface area contributed by atoms with E-state index in [2.05, 4.69) is 16.4 Å². The maximum absolute atomic E-state index is 11.1. The summed E-state index contributed by atoms with van der Waals surface area (Å²) in [6, 6.07) is 14.7. The van der Waals surface area contributed by atoms with Crippen LogP contribution in [0.1, 0.15) is 15.4 Å². The van der Waals surface area contributed by atoms with Crippen LogP contribution in [0.25, 0.3) is 16.8 Å². The van der Waals surface area contributed by atoms with Crippen LogP contribution in [0.3, 0.4) is 0 Å². The van der Waals surface area contributed by atoms with Gasteiger partial charge in [-0.3, -0.25) is 14.9 Å². The number of hydrogen-bond acceptors (Lipinski definition) is 7. The molecule has 0 radical (unpaired) electrons. The summed E-state index contributed by atoms with van der Waals surface area (Å²) in [6.07, 6.45) is 1.53. The molecule has 0 spiro atoms. The fraction of sp³-hybridized carbons (Fsp3) is 0. The fourth-order valence-electron chi connectivity index (χ4n) is 2.31. The van der Waals surface area contributed by atoms with Gasteiger partial charge in [-0.1, -0.05) is 0 Å². The van der Waals surface area contributed by atoms with Crippen molar-refractivity contribution in [3.8, 4) is 17.3 Å². The second kappa shape index (κ2) is 8.11. The number of allylic oxidation sites excluding steroid dienone is 1. The van der Waals surface area contributed by atoms with Gasteiger partial charge in [-0.05, 0) is 36.4 Å². The average Bonchev–Trinajstić information content (AvgIpc) is 3.19. The van der Waals surface area contributed by atoms with Crippen LogP contribution >= 0.6 is 11.3 Å². The lowest BCUT2D eigenvalue weighted by atomic mass is 10.1. The second-order valence-corrected chi connectivity index (χ2v) is 6.46. The van der Waals surface area contributed by atoms with E-state index in [0.29, 0.717) is 27.5 Å². The Morgan fingerprint density at radius 1 is 1.21 bits per heavy atom. The van der Waals surface area contributed by atoms with Crippen molar-refractivity contribution < 1.29 is 9.72 Å². The van der Waals surface area contributed by atoms with E-state index < -0.39 is 10.8 Å². The highest BCUT2D eigenvalue weighted by Gasteiger charge is 2.11. The Morgan fingerprint density at radius 3 is 2.46 bits per heavy atom. The van der Waals surface area contributed by atoms with Gasteiger partial charge in [0.25, 0.3) is 5.69 Å². The highest BCUT2D eigenvalue weighted by Crippen LogP contribution is 2.27. The van der Waals surface area contributed by atoms with Gasteiger partial charge < -0.3 is 11.1 Å². The molecule has 0 fully saturated rings. The van der Waals surface area contributed by atoms with Gasteiger partial charge in [0, 0.05) is 40.5 Å². The molecule has 0 saturated heterocycles. The summed E-state index contributed by atoms with van der Waals surface area (Å²) in [4.78, 5) is 25.8. The molecule has 3 aromatic rings. The quantitative estimate of drug-likeness (QED) is 0.373. The third-order valence-corrected chi connectivity index (χ3v) is 4.66. The van der Waals surface area contributed by atoms with Crippen LogP contribution in [0.2, 0.25) is 0 Å². The number of carbonyl (C=O) groups excluding carboxylic acids is 1. The van der Waals surface area contributed by atoms with Crippen LogP contribution in [0.4, 0.5) is 11.4 Å². The number of nitrogens with zero attached hydrogens (tertiary/aromatic N) is 3. The first-order valence-electron chi connectivity index (χ1n) is 7.95. The number of nitro benzene ring substituents is 1. The Balaban J connectivity index is 1.78. The number of anilines is 1. The van der Waals surface area contributed by atoms with Crippen molar-refractivity contribution in [1.29, 1.82) is 5.26 Å². The largest absolute Gasteiger partial charge is 0.366 e. The van der Waals surface area contributed by atoms with Crippen molar-refractivity contribution in [2.24, 2.45) is 5.73 Å². The van der Waals surface area contributed by atoms with E-state index >= 15 is 0 Å². The van der Waals surface area contributed by atoms with E-state index in [1.807, 2.05) is 0 Å². The van der Waals surface area contributed by atoms with Crippen molar-refractivity contribution in [1.82, 2.24) is 4.98 Å².